The molecule has 0 aromatic rings. The van der Waals surface area contributed by atoms with E-state index in [9.17, 15) is 0 Å². The highest BCUT2D eigenvalue weighted by atomic mass is 15.3. The monoisotopic (exact) mass is 115 g/mol. The highest BCUT2D eigenvalue weighted by Crippen LogP contribution is 1.69. The molecule has 0 bridgehead atoms. The van der Waals surface area contributed by atoms with Gasteiger partial charge in [0.2, 0.25) is 0 Å². The molecule has 0 rings (SSSR count). The third-order valence-electron chi connectivity index (χ3n) is 0.795. The Morgan fingerprint density at radius 3 is 2.75 bits per heavy atom. The van der Waals surface area contributed by atoms with Crippen LogP contribution in [0.3, 0.4) is 0 Å². The van der Waals surface area contributed by atoms with Gasteiger partial charge in [0.25, 0.3) is 0 Å². The average molecular weight is 115 g/mol. The zero-order valence-electron chi connectivity index (χ0n) is 5.44. The van der Waals surface area contributed by atoms with Crippen LogP contribution in [0.4, 0.5) is 0 Å². The predicted molar refractivity (Wildman–Crippen MR) is 35.8 cm³/mol. The van der Waals surface area contributed by atoms with Crippen LogP contribution < -0.4 is 10.7 Å². The van der Waals surface area contributed by atoms with Crippen molar-refractivity contribution in [3.8, 4) is 0 Å². The second kappa shape index (κ2) is 4.59. The normalized spacial score (nSPS) is 12.8. The molecule has 0 radical (unpaired) electrons. The first kappa shape index (κ1) is 7.43. The van der Waals surface area contributed by atoms with E-state index in [0.29, 0.717) is 0 Å². The standard InChI is InChI=1S/C5H13N3/c1-4-7-5(2)8-6-3/h5,7-8H,3-4H2,1-2H3. The van der Waals surface area contributed by atoms with E-state index in [4.69, 9.17) is 0 Å². The van der Waals surface area contributed by atoms with Crippen LogP contribution in [0, 0.1) is 0 Å². The minimum atomic E-state index is 0.234. The number of hydrogen-bond donors (Lipinski definition) is 2. The van der Waals surface area contributed by atoms with E-state index in [-0.39, 0.29) is 6.17 Å². The lowest BCUT2D eigenvalue weighted by molar-refractivity contribution is 0.482. The van der Waals surface area contributed by atoms with Crippen LogP contribution in [0.2, 0.25) is 0 Å². The van der Waals surface area contributed by atoms with Crippen LogP contribution in [0.15, 0.2) is 5.10 Å². The van der Waals surface area contributed by atoms with Crippen molar-refractivity contribution in [3.05, 3.63) is 0 Å². The third kappa shape index (κ3) is 3.61. The lowest BCUT2D eigenvalue weighted by atomic mass is 10.5. The molecule has 0 amide bonds. The fourth-order valence-corrected chi connectivity index (χ4v) is 0.489. The van der Waals surface area contributed by atoms with Crippen LogP contribution >= 0.6 is 0 Å². The maximum absolute atomic E-state index is 3.49. The molecule has 0 saturated carbocycles. The zero-order chi connectivity index (χ0) is 6.41. The molecule has 0 aliphatic heterocycles. The summed E-state index contributed by atoms with van der Waals surface area (Å²) in [5, 5.41) is 6.59. The molecule has 1 atom stereocenters. The smallest absolute Gasteiger partial charge is 0.0904 e. The molecule has 8 heavy (non-hydrogen) atoms. The van der Waals surface area contributed by atoms with Crippen molar-refractivity contribution in [2.45, 2.75) is 20.0 Å². The van der Waals surface area contributed by atoms with E-state index in [1.165, 1.54) is 0 Å². The SMILES string of the molecule is C=NNC(C)NCC. The Balaban J connectivity index is 3.03. The largest absolute Gasteiger partial charge is 0.297 e. The number of rotatable bonds is 4. The molecule has 0 aliphatic rings. The second-order valence-electron chi connectivity index (χ2n) is 1.57. The van der Waals surface area contributed by atoms with Crippen molar-refractivity contribution >= 4 is 6.72 Å². The Kier molecular flexibility index (Phi) is 4.26. The van der Waals surface area contributed by atoms with Gasteiger partial charge in [-0.05, 0) is 13.5 Å². The molecule has 0 aliphatic carbocycles. The first-order valence-electron chi connectivity index (χ1n) is 2.76. The van der Waals surface area contributed by atoms with E-state index in [2.05, 4.69) is 22.6 Å². The van der Waals surface area contributed by atoms with E-state index >= 15 is 0 Å². The van der Waals surface area contributed by atoms with Crippen LogP contribution in [0.1, 0.15) is 13.8 Å². The summed E-state index contributed by atoms with van der Waals surface area (Å²) in [6.45, 7) is 8.26. The molecule has 3 heteroatoms. The molecule has 0 aromatic heterocycles. The summed E-state index contributed by atoms with van der Waals surface area (Å²) in [6, 6.07) is 0. The predicted octanol–water partition coefficient (Wildman–Crippen LogP) is 0.147. The summed E-state index contributed by atoms with van der Waals surface area (Å²) >= 11 is 0. The van der Waals surface area contributed by atoms with E-state index in [1.54, 1.807) is 0 Å². The molecular formula is C5H13N3. The Morgan fingerprint density at radius 2 is 2.38 bits per heavy atom. The molecule has 0 heterocycles. The van der Waals surface area contributed by atoms with Crippen molar-refractivity contribution in [1.82, 2.24) is 10.7 Å². The lowest BCUT2D eigenvalue weighted by Gasteiger charge is -2.09. The van der Waals surface area contributed by atoms with Crippen LogP contribution in [0.5, 0.6) is 0 Å². The molecule has 0 spiro atoms. The molecular weight excluding hydrogens is 102 g/mol. The maximum atomic E-state index is 3.49. The van der Waals surface area contributed by atoms with Crippen molar-refractivity contribution in [1.29, 1.82) is 0 Å². The van der Waals surface area contributed by atoms with Crippen LogP contribution in [-0.4, -0.2) is 19.4 Å². The fraction of sp³-hybridized carbons (Fsp3) is 0.800. The van der Waals surface area contributed by atoms with Crippen LogP contribution in [0.25, 0.3) is 0 Å². The van der Waals surface area contributed by atoms with Gasteiger partial charge in [-0.15, -0.1) is 0 Å². The van der Waals surface area contributed by atoms with E-state index in [0.717, 1.165) is 6.54 Å². The topological polar surface area (TPSA) is 36.4 Å². The molecule has 3 nitrogen and oxygen atoms in total. The van der Waals surface area contributed by atoms with Gasteiger partial charge in [0.1, 0.15) is 0 Å². The van der Waals surface area contributed by atoms with Crippen LogP contribution in [-0.2, 0) is 0 Å². The first-order chi connectivity index (χ1) is 3.81. The van der Waals surface area contributed by atoms with Gasteiger partial charge in [0.05, 0.1) is 6.17 Å². The number of hydrazone groups is 1. The van der Waals surface area contributed by atoms with Gasteiger partial charge in [-0.1, -0.05) is 6.92 Å². The average Bonchev–Trinajstić information content (AvgIpc) is 1.68. The lowest BCUT2D eigenvalue weighted by Crippen LogP contribution is -2.36. The van der Waals surface area contributed by atoms with Crippen molar-refractivity contribution < 1.29 is 0 Å². The van der Waals surface area contributed by atoms with Gasteiger partial charge in [-0.3, -0.25) is 10.7 Å². The van der Waals surface area contributed by atoms with E-state index < -0.39 is 0 Å². The minimum absolute atomic E-state index is 0.234. The first-order valence-corrected chi connectivity index (χ1v) is 2.76. The van der Waals surface area contributed by atoms with Gasteiger partial charge >= 0.3 is 0 Å². The molecule has 1 unspecified atom stereocenters. The van der Waals surface area contributed by atoms with Gasteiger partial charge in [0, 0.05) is 6.72 Å². The highest BCUT2D eigenvalue weighted by molar-refractivity contribution is 5.22. The maximum Gasteiger partial charge on any atom is 0.0904 e. The minimum Gasteiger partial charge on any atom is -0.297 e. The molecule has 48 valence electrons. The summed E-state index contributed by atoms with van der Waals surface area (Å²) in [5.74, 6) is 0. The van der Waals surface area contributed by atoms with Gasteiger partial charge in [-0.2, -0.15) is 5.10 Å². The second-order valence-corrected chi connectivity index (χ2v) is 1.57. The van der Waals surface area contributed by atoms with Crippen molar-refractivity contribution in [2.24, 2.45) is 5.10 Å². The number of hydrogen-bond acceptors (Lipinski definition) is 3. The summed E-state index contributed by atoms with van der Waals surface area (Å²) in [7, 11) is 0. The molecule has 0 saturated heterocycles. The molecule has 0 aromatic carbocycles. The molecule has 0 fully saturated rings. The van der Waals surface area contributed by atoms with Gasteiger partial charge in [-0.25, -0.2) is 0 Å². The Hall–Kier alpha value is -0.570. The zero-order valence-corrected chi connectivity index (χ0v) is 5.44. The quantitative estimate of drug-likeness (QED) is 0.311. The Morgan fingerprint density at radius 1 is 1.75 bits per heavy atom. The van der Waals surface area contributed by atoms with Crippen molar-refractivity contribution in [3.63, 3.8) is 0 Å². The van der Waals surface area contributed by atoms with E-state index in [1.807, 2.05) is 13.8 Å². The summed E-state index contributed by atoms with van der Waals surface area (Å²) in [4.78, 5) is 0. The van der Waals surface area contributed by atoms with Gasteiger partial charge < -0.3 is 0 Å². The fourth-order valence-electron chi connectivity index (χ4n) is 0.489. The van der Waals surface area contributed by atoms with Gasteiger partial charge in [0.15, 0.2) is 0 Å². The third-order valence-corrected chi connectivity index (χ3v) is 0.795. The Bertz CT molecular complexity index is 62.7. The number of nitrogens with zero attached hydrogens (tertiary/aromatic N) is 1. The molecule has 2 N–H and O–H groups in total. The highest BCUT2D eigenvalue weighted by Gasteiger charge is 1.90. The summed E-state index contributed by atoms with van der Waals surface area (Å²) < 4.78 is 0. The van der Waals surface area contributed by atoms with Crippen molar-refractivity contribution in [2.75, 3.05) is 6.54 Å². The number of nitrogens with one attached hydrogen (secondary N) is 2. The Labute approximate surface area is 50.2 Å². The summed E-state index contributed by atoms with van der Waals surface area (Å²) in [5.41, 5.74) is 2.75. The summed E-state index contributed by atoms with van der Waals surface area (Å²) in [6.07, 6.45) is 0.234.